The fourth-order valence-corrected chi connectivity index (χ4v) is 14.9. The van der Waals surface area contributed by atoms with Crippen LogP contribution in [0.4, 0.5) is 0 Å². The number of rotatable bonds is 9. The summed E-state index contributed by atoms with van der Waals surface area (Å²) in [5.74, 6) is -0.496. The van der Waals surface area contributed by atoms with E-state index in [0.717, 1.165) is 38.5 Å². The van der Waals surface area contributed by atoms with E-state index >= 15 is 0 Å². The Bertz CT molecular complexity index is 1740. The Balaban J connectivity index is 1.05. The summed E-state index contributed by atoms with van der Waals surface area (Å²) in [5.41, 5.74) is -1.12. The smallest absolute Gasteiger partial charge is 0.310 e. The molecule has 0 amide bonds. The molecule has 17 heteroatoms. The van der Waals surface area contributed by atoms with Gasteiger partial charge in [-0.15, -0.1) is 0 Å². The lowest BCUT2D eigenvalue weighted by atomic mass is 9.33. The van der Waals surface area contributed by atoms with Crippen LogP contribution in [0.25, 0.3) is 0 Å². The molecule has 8 aliphatic rings. The Labute approximate surface area is 376 Å². The van der Waals surface area contributed by atoms with Gasteiger partial charge in [-0.2, -0.15) is 0 Å². The first kappa shape index (κ1) is 49.0. The Morgan fingerprint density at radius 3 is 2.03 bits per heavy atom. The molecule has 64 heavy (non-hydrogen) atoms. The molecule has 3 aliphatic heterocycles. The molecule has 0 aromatic rings. The number of hydrogen-bond acceptors (Lipinski definition) is 16. The van der Waals surface area contributed by atoms with Crippen molar-refractivity contribution in [1.29, 1.82) is 0 Å². The quantitative estimate of drug-likeness (QED) is 0.116. The van der Waals surface area contributed by atoms with Crippen LogP contribution in [-0.2, 0) is 33.2 Å². The summed E-state index contributed by atoms with van der Waals surface area (Å²) in [5, 5.41) is 108. The second-order valence-corrected chi connectivity index (χ2v) is 22.9. The number of fused-ring (bicyclic) bond motifs is 7. The monoisotopic (exact) mass is 913 g/mol. The molecule has 0 bridgehead atoms. The molecule has 0 spiro atoms. The van der Waals surface area contributed by atoms with Gasteiger partial charge in [-0.1, -0.05) is 53.2 Å². The molecule has 366 valence electrons. The fraction of sp³-hybridized carbons (Fsp3) is 0.936. The van der Waals surface area contributed by atoms with Crippen molar-refractivity contribution in [3.05, 3.63) is 11.6 Å². The minimum Gasteiger partial charge on any atom is -0.481 e. The van der Waals surface area contributed by atoms with E-state index in [4.69, 9.17) is 28.4 Å². The van der Waals surface area contributed by atoms with E-state index in [1.807, 2.05) is 0 Å². The predicted molar refractivity (Wildman–Crippen MR) is 225 cm³/mol. The van der Waals surface area contributed by atoms with Crippen molar-refractivity contribution in [2.75, 3.05) is 19.8 Å². The molecule has 5 aliphatic carbocycles. The largest absolute Gasteiger partial charge is 0.481 e. The molecule has 3 heterocycles. The first-order valence-corrected chi connectivity index (χ1v) is 23.7. The Morgan fingerprint density at radius 1 is 0.719 bits per heavy atom. The van der Waals surface area contributed by atoms with Crippen molar-refractivity contribution < 1.29 is 84.3 Å². The second-order valence-electron chi connectivity index (χ2n) is 22.9. The summed E-state index contributed by atoms with van der Waals surface area (Å²) in [6.07, 6.45) is -11.6. The number of aliphatic hydroxyl groups is 9. The van der Waals surface area contributed by atoms with Crippen molar-refractivity contribution in [1.82, 2.24) is 0 Å². The van der Waals surface area contributed by atoms with E-state index in [1.165, 1.54) is 12.5 Å². The molecule has 0 radical (unpaired) electrons. The molecule has 4 saturated carbocycles. The van der Waals surface area contributed by atoms with Gasteiger partial charge in [-0.05, 0) is 111 Å². The molecule has 8 rings (SSSR count). The van der Waals surface area contributed by atoms with Crippen LogP contribution in [0.2, 0.25) is 0 Å². The van der Waals surface area contributed by atoms with Crippen LogP contribution < -0.4 is 0 Å². The first-order chi connectivity index (χ1) is 29.9. The van der Waals surface area contributed by atoms with Crippen LogP contribution in [0.5, 0.6) is 0 Å². The van der Waals surface area contributed by atoms with E-state index in [-0.39, 0.29) is 47.2 Å². The third kappa shape index (κ3) is 7.49. The van der Waals surface area contributed by atoms with Crippen LogP contribution in [0.1, 0.15) is 113 Å². The number of allylic oxidation sites excluding steroid dienone is 1. The number of carboxylic acid groups (broad SMARTS) is 1. The van der Waals surface area contributed by atoms with E-state index in [9.17, 15) is 55.9 Å². The summed E-state index contributed by atoms with van der Waals surface area (Å²) in [6, 6.07) is 0. The number of carboxylic acids is 1. The predicted octanol–water partition coefficient (Wildman–Crippen LogP) is 1.35. The van der Waals surface area contributed by atoms with Gasteiger partial charge in [0, 0.05) is 5.41 Å². The highest BCUT2D eigenvalue weighted by Crippen LogP contribution is 2.76. The molecule has 17 nitrogen and oxygen atoms in total. The lowest BCUT2D eigenvalue weighted by Crippen LogP contribution is -2.67. The molecule has 7 fully saturated rings. The lowest BCUT2D eigenvalue weighted by Gasteiger charge is -2.71. The Morgan fingerprint density at radius 2 is 1.38 bits per heavy atom. The van der Waals surface area contributed by atoms with Gasteiger partial charge >= 0.3 is 5.97 Å². The number of ether oxygens (including phenoxy) is 6. The number of aliphatic hydroxyl groups excluding tert-OH is 9. The molecular weight excluding hydrogens is 837 g/mol. The van der Waals surface area contributed by atoms with Crippen molar-refractivity contribution in [3.63, 3.8) is 0 Å². The maximum Gasteiger partial charge on any atom is 0.310 e. The highest BCUT2D eigenvalue weighted by molar-refractivity contribution is 5.76. The third-order valence-electron chi connectivity index (χ3n) is 18.9. The normalized spacial score (nSPS) is 53.5. The summed E-state index contributed by atoms with van der Waals surface area (Å²) >= 11 is 0. The Hall–Kier alpha value is -1.39. The van der Waals surface area contributed by atoms with Gasteiger partial charge in [-0.3, -0.25) is 4.79 Å². The lowest BCUT2D eigenvalue weighted by molar-refractivity contribution is -0.380. The summed E-state index contributed by atoms with van der Waals surface area (Å²) in [7, 11) is 0. The zero-order valence-corrected chi connectivity index (χ0v) is 38.5. The fourth-order valence-electron chi connectivity index (χ4n) is 14.9. The average Bonchev–Trinajstić information content (AvgIpc) is 3.24. The second kappa shape index (κ2) is 17.2. The van der Waals surface area contributed by atoms with E-state index < -0.39 is 121 Å². The highest BCUT2D eigenvalue weighted by Gasteiger charge is 2.71. The molecule has 0 aromatic carbocycles. The standard InChI is InChI=1S/C47H76O17/c1-22-30(50)33(53)35(55)38(60-22)64-37-32(52)26(62-39-36(56)34(54)31(51)25(19-48)61-39)20-59-40(37)63-29-11-12-44(6)27(43(29,4)5)10-13-45(7)28(44)9-8-23-24-18-42(2,3)14-15-46(24,41(57)58)16-17-47(23,45)21-49/h8,22,24-40,48-56H,9-21H2,1-7H3,(H,57,58)/t22-,24-,25+,26-,27-,28-,29-,30-,31+,32-,33+,34-,35+,36+,37+,38-,39-,40-,44-,45+,46-,47-/m0/s1. The van der Waals surface area contributed by atoms with Crippen LogP contribution in [-0.4, -0.2) is 169 Å². The summed E-state index contributed by atoms with van der Waals surface area (Å²) in [4.78, 5) is 13.2. The molecule has 0 aromatic heterocycles. The zero-order chi connectivity index (χ0) is 46.7. The topological polar surface area (TPSA) is 275 Å². The van der Waals surface area contributed by atoms with Crippen LogP contribution in [0, 0.1) is 50.2 Å². The first-order valence-electron chi connectivity index (χ1n) is 23.7. The van der Waals surface area contributed by atoms with Gasteiger partial charge < -0.3 is 79.5 Å². The van der Waals surface area contributed by atoms with Gasteiger partial charge in [-0.25, -0.2) is 0 Å². The van der Waals surface area contributed by atoms with Crippen molar-refractivity contribution in [3.8, 4) is 0 Å². The van der Waals surface area contributed by atoms with Crippen LogP contribution in [0.3, 0.4) is 0 Å². The van der Waals surface area contributed by atoms with Crippen molar-refractivity contribution in [2.24, 2.45) is 50.2 Å². The number of hydrogen-bond donors (Lipinski definition) is 10. The van der Waals surface area contributed by atoms with Gasteiger partial charge in [0.15, 0.2) is 18.9 Å². The summed E-state index contributed by atoms with van der Waals surface area (Å²) < 4.78 is 36.7. The average molecular weight is 913 g/mol. The van der Waals surface area contributed by atoms with Crippen LogP contribution in [0.15, 0.2) is 11.6 Å². The maximum atomic E-state index is 13.2. The van der Waals surface area contributed by atoms with E-state index in [1.54, 1.807) is 0 Å². The SMILES string of the molecule is C[C@@H]1O[C@@H](O[C@H]2[C@H](O[C@H]3CC[C@@]4(C)[C@@H](CC[C@]5(C)[C@H]4CC=C4[C@@H]6CC(C)(C)CC[C@]6(C(=O)O)CC[C@]45CO)C3(C)C)OC[C@H](O[C@@H]3O[C@H](CO)[C@@H](O)[C@H](O)[C@H]3O)[C@@H]2O)[C@H](O)[C@H](O)[C@H]1O. The molecule has 22 atom stereocenters. The maximum absolute atomic E-state index is 13.2. The van der Waals surface area contributed by atoms with Crippen molar-refractivity contribution >= 4 is 5.97 Å². The van der Waals surface area contributed by atoms with Gasteiger partial charge in [0.1, 0.15) is 61.0 Å². The number of carbonyl (C=O) groups is 1. The van der Waals surface area contributed by atoms with Gasteiger partial charge in [0.05, 0.1) is 37.4 Å². The molecular formula is C47H76O17. The molecule has 10 N–H and O–H groups in total. The summed E-state index contributed by atoms with van der Waals surface area (Å²) in [6.45, 7) is 14.1. The minimum atomic E-state index is -1.76. The zero-order valence-electron chi connectivity index (χ0n) is 38.5. The minimum absolute atomic E-state index is 0.00141. The van der Waals surface area contributed by atoms with Gasteiger partial charge in [0.2, 0.25) is 0 Å². The van der Waals surface area contributed by atoms with Crippen LogP contribution >= 0.6 is 0 Å². The molecule has 3 saturated heterocycles. The van der Waals surface area contributed by atoms with Gasteiger partial charge in [0.25, 0.3) is 0 Å². The van der Waals surface area contributed by atoms with E-state index in [2.05, 4.69) is 47.6 Å². The van der Waals surface area contributed by atoms with Crippen molar-refractivity contribution in [2.45, 2.75) is 205 Å². The van der Waals surface area contributed by atoms with E-state index in [0.29, 0.717) is 25.7 Å². The third-order valence-corrected chi connectivity index (χ3v) is 18.9. The highest BCUT2D eigenvalue weighted by atomic mass is 16.8. The Kier molecular flexibility index (Phi) is 13.2. The number of aliphatic carboxylic acids is 1. The molecule has 0 unspecified atom stereocenters.